The van der Waals surface area contributed by atoms with Crippen molar-refractivity contribution in [2.45, 2.75) is 13.8 Å². The van der Waals surface area contributed by atoms with Crippen molar-refractivity contribution in [3.05, 3.63) is 28.8 Å². The number of aryl methyl sites for hydroxylation is 2. The van der Waals surface area contributed by atoms with Crippen LogP contribution in [0.2, 0.25) is 0 Å². The molecule has 0 aliphatic rings. The normalized spacial score (nSPS) is 7.16. The Hall–Kier alpha value is 3.97. The van der Waals surface area contributed by atoms with Crippen LogP contribution in [0, 0.1) is 26.0 Å². The molecule has 0 unspecified atom stereocenters. The average Bonchev–Trinajstić information content (AvgIpc) is 2.20. The SMILES string of the molecule is COC(=O)c1[c-]c(C)c(C)[c-]c1NN.[Y].[Y].[Y].[Y].[Y]. The summed E-state index contributed by atoms with van der Waals surface area (Å²) in [5, 5.41) is 0. The van der Waals surface area contributed by atoms with Gasteiger partial charge in [-0.1, -0.05) is 6.92 Å². The van der Waals surface area contributed by atoms with Gasteiger partial charge in [-0.25, -0.2) is 11.1 Å². The summed E-state index contributed by atoms with van der Waals surface area (Å²) in [5.41, 5.74) is 4.82. The van der Waals surface area contributed by atoms with Crippen LogP contribution in [0.5, 0.6) is 0 Å². The minimum atomic E-state index is -0.475. The van der Waals surface area contributed by atoms with Gasteiger partial charge in [-0.2, -0.15) is 5.56 Å². The Morgan fingerprint density at radius 3 is 1.84 bits per heavy atom. The van der Waals surface area contributed by atoms with Crippen LogP contribution >= 0.6 is 0 Å². The second-order valence-electron chi connectivity index (χ2n) is 2.89. The summed E-state index contributed by atoms with van der Waals surface area (Å²) in [5.74, 6) is 4.78. The van der Waals surface area contributed by atoms with Crippen LogP contribution in [-0.2, 0) is 168 Å². The van der Waals surface area contributed by atoms with Crippen molar-refractivity contribution in [3.8, 4) is 0 Å². The number of esters is 1. The third-order valence-corrected chi connectivity index (χ3v) is 1.97. The van der Waals surface area contributed by atoms with Gasteiger partial charge in [-0.05, 0) is 0 Å². The minimum Gasteiger partial charge on any atom is -0.517 e. The second kappa shape index (κ2) is 18.3. The molecule has 0 fully saturated rings. The third-order valence-electron chi connectivity index (χ3n) is 1.97. The van der Waals surface area contributed by atoms with E-state index in [2.05, 4.69) is 22.3 Å². The Labute approximate surface area is 240 Å². The fourth-order valence-corrected chi connectivity index (χ4v) is 1.05. The zero-order valence-corrected chi connectivity index (χ0v) is 25.5. The van der Waals surface area contributed by atoms with Gasteiger partial charge in [0.2, 0.25) is 0 Å². The number of nitrogens with one attached hydrogen (secondary N) is 1. The number of nitrogen functional groups attached to an aromatic ring is 1. The fraction of sp³-hybridized carbons (Fsp3) is 0.300. The maximum Gasteiger partial charge on any atom is 0.194 e. The predicted molar refractivity (Wildman–Crippen MR) is 52.7 cm³/mol. The Bertz CT molecular complexity index is 377. The van der Waals surface area contributed by atoms with Gasteiger partial charge in [0.15, 0.2) is 5.97 Å². The van der Waals surface area contributed by atoms with Crippen molar-refractivity contribution < 1.29 is 173 Å². The largest absolute Gasteiger partial charge is 0.517 e. The molecule has 0 saturated heterocycles. The molecular formula is C10H12N2O2Y5-2. The van der Waals surface area contributed by atoms with Gasteiger partial charge in [0.1, 0.15) is 0 Å². The van der Waals surface area contributed by atoms with Gasteiger partial charge in [0.25, 0.3) is 0 Å². The van der Waals surface area contributed by atoms with E-state index in [1.807, 2.05) is 13.8 Å². The van der Waals surface area contributed by atoms with E-state index in [-0.39, 0.29) is 169 Å². The Balaban J connectivity index is -0.000000131. The van der Waals surface area contributed by atoms with Gasteiger partial charge < -0.3 is 15.0 Å². The smallest absolute Gasteiger partial charge is 0.194 e. The van der Waals surface area contributed by atoms with E-state index in [0.29, 0.717) is 5.69 Å². The van der Waals surface area contributed by atoms with Crippen molar-refractivity contribution in [1.29, 1.82) is 0 Å². The summed E-state index contributed by atoms with van der Waals surface area (Å²) in [4.78, 5) is 11.3. The molecule has 4 nitrogen and oxygen atoms in total. The molecule has 0 aromatic heterocycles. The molecule has 0 atom stereocenters. The molecular weight excluding hydrogens is 625 g/mol. The first kappa shape index (κ1) is 34.3. The standard InChI is InChI=1S/C10H12N2O2.5Y/c1-6-4-8(10(13)14-3)9(12-11)5-7(6)2;;;;;/h12H,11H2,1-3H3;;;;;/q-2;;;;;. The monoisotopic (exact) mass is 637 g/mol. The number of carbonyl (C=O) groups is 1. The van der Waals surface area contributed by atoms with Crippen LogP contribution in [0.3, 0.4) is 0 Å². The van der Waals surface area contributed by atoms with Crippen molar-refractivity contribution in [2.24, 2.45) is 5.84 Å². The Morgan fingerprint density at radius 1 is 1.05 bits per heavy atom. The molecule has 0 aliphatic heterocycles. The van der Waals surface area contributed by atoms with E-state index in [1.165, 1.54) is 7.11 Å². The molecule has 1 aromatic carbocycles. The summed E-state index contributed by atoms with van der Waals surface area (Å²) in [7, 11) is 1.31. The first-order chi connectivity index (χ1) is 6.60. The number of methoxy groups -OCH3 is 1. The molecule has 1 aromatic rings. The molecule has 0 amide bonds. The number of ether oxygens (including phenoxy) is 1. The van der Waals surface area contributed by atoms with Crippen molar-refractivity contribution in [1.82, 2.24) is 0 Å². The minimum absolute atomic E-state index is 0. The summed E-state index contributed by atoms with van der Waals surface area (Å²) < 4.78 is 4.59. The van der Waals surface area contributed by atoms with Crippen LogP contribution in [0.15, 0.2) is 0 Å². The number of rotatable bonds is 2. The van der Waals surface area contributed by atoms with Crippen molar-refractivity contribution >= 4 is 11.7 Å². The quantitative estimate of drug-likeness (QED) is 0.220. The van der Waals surface area contributed by atoms with E-state index < -0.39 is 5.97 Å². The topological polar surface area (TPSA) is 64.3 Å². The summed E-state index contributed by atoms with van der Waals surface area (Å²) >= 11 is 0. The van der Waals surface area contributed by atoms with E-state index in [9.17, 15) is 4.79 Å². The van der Waals surface area contributed by atoms with Gasteiger partial charge in [0, 0.05) is 164 Å². The zero-order chi connectivity index (χ0) is 10.7. The molecule has 1 rings (SSSR count). The number of carbonyl (C=O) groups excluding carboxylic acids is 1. The van der Waals surface area contributed by atoms with Crippen LogP contribution in [0.25, 0.3) is 0 Å². The van der Waals surface area contributed by atoms with Gasteiger partial charge in [-0.15, -0.1) is 12.6 Å². The van der Waals surface area contributed by atoms with Crippen LogP contribution < -0.4 is 11.3 Å². The van der Waals surface area contributed by atoms with Crippen molar-refractivity contribution in [3.63, 3.8) is 0 Å². The molecule has 5 radical (unpaired) electrons. The van der Waals surface area contributed by atoms with Gasteiger partial charge in [0.05, 0.1) is 7.11 Å². The first-order valence-corrected chi connectivity index (χ1v) is 4.11. The van der Waals surface area contributed by atoms with Crippen LogP contribution in [0.1, 0.15) is 21.5 Å². The summed E-state index contributed by atoms with van der Waals surface area (Å²) in [6.07, 6.45) is 0. The van der Waals surface area contributed by atoms with E-state index >= 15 is 0 Å². The van der Waals surface area contributed by atoms with Gasteiger partial charge in [-0.3, -0.25) is 18.0 Å². The third kappa shape index (κ3) is 11.2. The Kier molecular flexibility index (Phi) is 33.1. The number of benzene rings is 1. The average molecular weight is 637 g/mol. The van der Waals surface area contributed by atoms with Crippen LogP contribution in [-0.4, -0.2) is 13.1 Å². The summed E-state index contributed by atoms with van der Waals surface area (Å²) in [6.45, 7) is 3.71. The Morgan fingerprint density at radius 2 is 1.47 bits per heavy atom. The molecule has 19 heavy (non-hydrogen) atoms. The number of nitrogens with two attached hydrogens (primary N) is 1. The van der Waals surface area contributed by atoms with E-state index in [0.717, 1.165) is 11.1 Å². The maximum atomic E-state index is 11.3. The predicted octanol–water partition coefficient (Wildman–Crippen LogP) is 0.964. The molecule has 9 heteroatoms. The fourth-order valence-electron chi connectivity index (χ4n) is 1.05. The second-order valence-corrected chi connectivity index (χ2v) is 2.89. The maximum absolute atomic E-state index is 11.3. The number of hydrogen-bond donors (Lipinski definition) is 2. The van der Waals surface area contributed by atoms with Gasteiger partial charge >= 0.3 is 0 Å². The molecule has 0 saturated carbocycles. The number of hydrogen-bond acceptors (Lipinski definition) is 4. The summed E-state index contributed by atoms with van der Waals surface area (Å²) in [6, 6.07) is 5.84. The molecule has 0 heterocycles. The van der Waals surface area contributed by atoms with Crippen molar-refractivity contribution in [2.75, 3.05) is 12.5 Å². The molecule has 3 N–H and O–H groups in total. The molecule has 91 valence electrons. The number of hydrazine groups is 1. The molecule has 0 bridgehead atoms. The van der Waals surface area contributed by atoms with E-state index in [4.69, 9.17) is 5.84 Å². The number of anilines is 1. The first-order valence-electron chi connectivity index (χ1n) is 4.11. The van der Waals surface area contributed by atoms with E-state index in [1.54, 1.807) is 0 Å². The molecule has 0 aliphatic carbocycles. The van der Waals surface area contributed by atoms with Crippen LogP contribution in [0.4, 0.5) is 5.69 Å². The molecule has 0 spiro atoms. The zero-order valence-electron chi connectivity index (χ0n) is 11.3.